The summed E-state index contributed by atoms with van der Waals surface area (Å²) in [6.45, 7) is 10.4. The molecule has 37 heavy (non-hydrogen) atoms. The van der Waals surface area contributed by atoms with Crippen molar-refractivity contribution in [3.63, 3.8) is 0 Å². The third kappa shape index (κ3) is 13.0. The Kier molecular flexibility index (Phi) is 15.7. The van der Waals surface area contributed by atoms with Gasteiger partial charge in [0, 0.05) is 0 Å². The first kappa shape index (κ1) is 33.8. The molecule has 13 heteroatoms. The summed E-state index contributed by atoms with van der Waals surface area (Å²) < 4.78 is 35.0. The Labute approximate surface area is 222 Å². The second-order valence-corrected chi connectivity index (χ2v) is 8.08. The lowest BCUT2D eigenvalue weighted by Gasteiger charge is -2.22. The maximum absolute atomic E-state index is 12.5. The summed E-state index contributed by atoms with van der Waals surface area (Å²) in [6, 6.07) is 3.16. The summed E-state index contributed by atoms with van der Waals surface area (Å²) in [4.78, 5) is 47.7. The lowest BCUT2D eigenvalue weighted by Crippen LogP contribution is -2.39. The van der Waals surface area contributed by atoms with Gasteiger partial charge >= 0.3 is 24.4 Å². The van der Waals surface area contributed by atoms with Gasteiger partial charge < -0.3 is 38.9 Å². The zero-order valence-electron chi connectivity index (χ0n) is 21.8. The number of halogens is 1. The summed E-state index contributed by atoms with van der Waals surface area (Å²) in [5, 5.41) is 0. The van der Waals surface area contributed by atoms with Crippen LogP contribution in [0.15, 0.2) is 18.2 Å². The summed E-state index contributed by atoms with van der Waals surface area (Å²) in [6.07, 6.45) is -4.43. The Morgan fingerprint density at radius 1 is 0.784 bits per heavy atom. The second-order valence-electron chi connectivity index (χ2n) is 8.08. The smallest absolute Gasteiger partial charge is 0.458 e. The molecule has 0 spiro atoms. The first-order chi connectivity index (χ1) is 17.0. The first-order valence-corrected chi connectivity index (χ1v) is 11.6. The van der Waals surface area contributed by atoms with Gasteiger partial charge in [0.2, 0.25) is 0 Å². The zero-order chi connectivity index (χ0) is 27.3. The number of rotatable bonds is 12. The maximum Gasteiger partial charge on any atom is 0.513 e. The lowest BCUT2D eigenvalue weighted by molar-refractivity contribution is -0.155. The van der Waals surface area contributed by atoms with Crippen LogP contribution in [-0.4, -0.2) is 62.5 Å². The van der Waals surface area contributed by atoms with E-state index in [-0.39, 0.29) is 56.1 Å². The van der Waals surface area contributed by atoms with Gasteiger partial charge in [-0.05, 0) is 57.7 Å². The Morgan fingerprint density at radius 3 is 1.86 bits per heavy atom. The topological polar surface area (TPSA) is 159 Å². The number of carbonyl (C=O) groups excluding carboxylic acids is 4. The van der Waals surface area contributed by atoms with E-state index in [9.17, 15) is 19.2 Å². The Bertz CT molecular complexity index is 893. The maximum atomic E-state index is 12.5. The monoisotopic (exact) mass is 549 g/mol. The Hall–Kier alpha value is -3.25. The molecule has 1 aromatic carbocycles. The molecule has 0 aliphatic rings. The van der Waals surface area contributed by atoms with Crippen LogP contribution < -0.4 is 15.2 Å². The number of carbonyl (C=O) groups is 4. The van der Waals surface area contributed by atoms with Gasteiger partial charge in [0.05, 0.1) is 19.8 Å². The van der Waals surface area contributed by atoms with Crippen molar-refractivity contribution in [3.05, 3.63) is 23.8 Å². The number of hydrogen-bond acceptors (Lipinski definition) is 12. The molecule has 0 aliphatic carbocycles. The summed E-state index contributed by atoms with van der Waals surface area (Å²) in [7, 11) is 0. The highest BCUT2D eigenvalue weighted by Crippen LogP contribution is 2.30. The first-order valence-electron chi connectivity index (χ1n) is 11.6. The van der Waals surface area contributed by atoms with E-state index in [1.165, 1.54) is 18.2 Å². The van der Waals surface area contributed by atoms with E-state index >= 15 is 0 Å². The van der Waals surface area contributed by atoms with Crippen molar-refractivity contribution < 1.29 is 52.3 Å². The average molecular weight is 550 g/mol. The molecule has 210 valence electrons. The van der Waals surface area contributed by atoms with Gasteiger partial charge in [0.15, 0.2) is 11.5 Å². The van der Waals surface area contributed by atoms with Crippen LogP contribution in [0.3, 0.4) is 0 Å². The van der Waals surface area contributed by atoms with E-state index in [4.69, 9.17) is 38.9 Å². The SMILES string of the molecule is CCOC(=O)Oc1ccc(C[C@H](N)C(=O)O[C@H](C)C(C)OC(=O)OCC(C)C)cc1OC(=O)OCC.Cl. The van der Waals surface area contributed by atoms with Crippen LogP contribution in [-0.2, 0) is 34.9 Å². The average Bonchev–Trinajstić information content (AvgIpc) is 2.79. The predicted molar refractivity (Wildman–Crippen MR) is 133 cm³/mol. The molecule has 0 fully saturated rings. The fraction of sp³-hybridized carbons (Fsp3) is 0.583. The third-order valence-corrected chi connectivity index (χ3v) is 4.46. The molecule has 3 atom stereocenters. The van der Waals surface area contributed by atoms with Crippen molar-refractivity contribution in [1.29, 1.82) is 0 Å². The summed E-state index contributed by atoms with van der Waals surface area (Å²) in [5.74, 6) is -0.816. The molecule has 0 aromatic heterocycles. The number of nitrogens with two attached hydrogens (primary N) is 1. The van der Waals surface area contributed by atoms with Gasteiger partial charge in [0.1, 0.15) is 18.2 Å². The normalized spacial score (nSPS) is 12.8. The van der Waals surface area contributed by atoms with Crippen LogP contribution in [0.2, 0.25) is 0 Å². The molecular weight excluding hydrogens is 514 g/mol. The highest BCUT2D eigenvalue weighted by molar-refractivity contribution is 5.85. The van der Waals surface area contributed by atoms with E-state index in [1.807, 2.05) is 13.8 Å². The van der Waals surface area contributed by atoms with Crippen molar-refractivity contribution in [2.75, 3.05) is 19.8 Å². The molecule has 0 heterocycles. The van der Waals surface area contributed by atoms with E-state index in [0.717, 1.165) is 0 Å². The molecule has 0 bridgehead atoms. The highest BCUT2D eigenvalue weighted by atomic mass is 35.5. The molecule has 2 N–H and O–H groups in total. The molecule has 0 radical (unpaired) electrons. The molecule has 0 aliphatic heterocycles. The fourth-order valence-corrected chi connectivity index (χ4v) is 2.54. The number of ether oxygens (including phenoxy) is 7. The van der Waals surface area contributed by atoms with Gasteiger partial charge in [-0.1, -0.05) is 19.9 Å². The van der Waals surface area contributed by atoms with E-state index < -0.39 is 42.7 Å². The molecule has 1 aromatic rings. The lowest BCUT2D eigenvalue weighted by atomic mass is 10.1. The minimum atomic E-state index is -1.10. The van der Waals surface area contributed by atoms with Crippen molar-refractivity contribution >= 4 is 36.8 Å². The largest absolute Gasteiger partial charge is 0.513 e. The molecule has 0 saturated carbocycles. The van der Waals surface area contributed by atoms with Crippen LogP contribution in [0.25, 0.3) is 0 Å². The molecule has 12 nitrogen and oxygen atoms in total. The highest BCUT2D eigenvalue weighted by Gasteiger charge is 2.25. The molecule has 0 amide bonds. The van der Waals surface area contributed by atoms with E-state index in [2.05, 4.69) is 0 Å². The molecule has 0 saturated heterocycles. The Morgan fingerprint density at radius 2 is 1.32 bits per heavy atom. The van der Waals surface area contributed by atoms with Crippen molar-refractivity contribution in [3.8, 4) is 11.5 Å². The van der Waals surface area contributed by atoms with Gasteiger partial charge in [-0.3, -0.25) is 4.79 Å². The van der Waals surface area contributed by atoms with Crippen LogP contribution in [0.4, 0.5) is 14.4 Å². The summed E-state index contributed by atoms with van der Waals surface area (Å²) >= 11 is 0. The van der Waals surface area contributed by atoms with Crippen molar-refractivity contribution in [2.45, 2.75) is 66.2 Å². The number of hydrogen-bond donors (Lipinski definition) is 1. The van der Waals surface area contributed by atoms with Crippen LogP contribution in [0.1, 0.15) is 47.1 Å². The van der Waals surface area contributed by atoms with Crippen LogP contribution in [0, 0.1) is 5.92 Å². The van der Waals surface area contributed by atoms with Crippen molar-refractivity contribution in [1.82, 2.24) is 0 Å². The van der Waals surface area contributed by atoms with E-state index in [1.54, 1.807) is 27.7 Å². The minimum Gasteiger partial charge on any atom is -0.458 e. The predicted octanol–water partition coefficient (Wildman–Crippen LogP) is 4.18. The number of benzene rings is 1. The second kappa shape index (κ2) is 17.2. The van der Waals surface area contributed by atoms with E-state index in [0.29, 0.717) is 5.56 Å². The fourth-order valence-electron chi connectivity index (χ4n) is 2.54. The summed E-state index contributed by atoms with van der Waals surface area (Å²) in [5.41, 5.74) is 6.47. The van der Waals surface area contributed by atoms with Crippen LogP contribution in [0.5, 0.6) is 11.5 Å². The third-order valence-electron chi connectivity index (χ3n) is 4.46. The van der Waals surface area contributed by atoms with Gasteiger partial charge in [-0.15, -0.1) is 12.4 Å². The minimum absolute atomic E-state index is 0. The zero-order valence-corrected chi connectivity index (χ0v) is 22.7. The van der Waals surface area contributed by atoms with Gasteiger partial charge in [-0.25, -0.2) is 14.4 Å². The molecular formula is C24H36ClNO11. The molecule has 1 rings (SSSR count). The van der Waals surface area contributed by atoms with Crippen LogP contribution >= 0.6 is 12.4 Å². The van der Waals surface area contributed by atoms with Gasteiger partial charge in [0.25, 0.3) is 0 Å². The molecule has 1 unspecified atom stereocenters. The quantitative estimate of drug-likeness (QED) is 0.225. The Balaban J connectivity index is 0.0000130. The number of esters is 1. The standard InChI is InChI=1S/C24H35NO11.ClH/c1-7-30-22(27)35-19-10-9-17(12-20(19)36-23(28)31-8-2)11-18(25)21(26)33-15(5)16(6)34-24(29)32-13-14(3)4;/h9-10,12,14-16,18H,7-8,11,13,25H2,1-6H3;1H/t15-,16?,18+;/m1./s1. The van der Waals surface area contributed by atoms with Crippen molar-refractivity contribution in [2.24, 2.45) is 11.7 Å². The van der Waals surface area contributed by atoms with Gasteiger partial charge in [-0.2, -0.15) is 0 Å².